The summed E-state index contributed by atoms with van der Waals surface area (Å²) in [6.45, 7) is -0.0104. The molecule has 1 aliphatic rings. The van der Waals surface area contributed by atoms with Gasteiger partial charge in [0.25, 0.3) is 0 Å². The van der Waals surface area contributed by atoms with Crippen LogP contribution >= 0.6 is 0 Å². The van der Waals surface area contributed by atoms with E-state index in [9.17, 15) is 15.3 Å². The predicted molar refractivity (Wildman–Crippen MR) is 75.2 cm³/mol. The smallest absolute Gasteiger partial charge is 0.109 e. The van der Waals surface area contributed by atoms with Crippen LogP contribution in [0.4, 0.5) is 0 Å². The van der Waals surface area contributed by atoms with E-state index in [4.69, 9.17) is 10.2 Å². The third-order valence-electron chi connectivity index (χ3n) is 4.07. The molecular weight excluding hydrogens is 262 g/mol. The zero-order valence-corrected chi connectivity index (χ0v) is 12.0. The van der Waals surface area contributed by atoms with Crippen molar-refractivity contribution in [2.75, 3.05) is 13.2 Å². The second kappa shape index (κ2) is 9.65. The third-order valence-corrected chi connectivity index (χ3v) is 4.07. The molecule has 1 rings (SSSR count). The monoisotopic (exact) mass is 291 g/mol. The van der Waals surface area contributed by atoms with Gasteiger partial charge in [0.05, 0.1) is 24.9 Å². The zero-order chi connectivity index (χ0) is 15.0. The van der Waals surface area contributed by atoms with Gasteiger partial charge in [0.1, 0.15) is 6.10 Å². The second-order valence-corrected chi connectivity index (χ2v) is 5.67. The van der Waals surface area contributed by atoms with Gasteiger partial charge in [0.2, 0.25) is 0 Å². The third kappa shape index (κ3) is 5.27. The molecule has 0 aromatic carbocycles. The zero-order valence-electron chi connectivity index (χ0n) is 12.0. The Kier molecular flexibility index (Phi) is 8.60. The van der Waals surface area contributed by atoms with Gasteiger partial charge < -0.3 is 30.8 Å². The summed E-state index contributed by atoms with van der Waals surface area (Å²) in [4.78, 5) is 0. The Morgan fingerprint density at radius 3 is 1.80 bits per heavy atom. The van der Waals surface area contributed by atoms with Crippen LogP contribution in [0, 0.1) is 0 Å². The minimum absolute atomic E-state index is 0.251. The summed E-state index contributed by atoms with van der Waals surface area (Å²) in [6.07, 6.45) is 3.42. The molecular formula is C14H29NO5. The van der Waals surface area contributed by atoms with Crippen molar-refractivity contribution in [2.24, 2.45) is 0 Å². The molecule has 120 valence electrons. The first-order valence-electron chi connectivity index (χ1n) is 7.63. The normalized spacial score (nSPS) is 34.4. The number of hydrogen-bond donors (Lipinski definition) is 6. The van der Waals surface area contributed by atoms with E-state index in [1.807, 2.05) is 0 Å². The SMILES string of the molecule is OCCCCCCCCC1NC(CO)C(O)C(O)C1O. The van der Waals surface area contributed by atoms with E-state index in [1.165, 1.54) is 0 Å². The highest BCUT2D eigenvalue weighted by Gasteiger charge is 2.41. The molecule has 0 radical (unpaired) electrons. The fourth-order valence-electron chi connectivity index (χ4n) is 2.75. The maximum Gasteiger partial charge on any atom is 0.109 e. The van der Waals surface area contributed by atoms with E-state index in [2.05, 4.69) is 5.32 Å². The first-order valence-corrected chi connectivity index (χ1v) is 7.63. The van der Waals surface area contributed by atoms with Crippen LogP contribution in [0.15, 0.2) is 0 Å². The molecule has 5 unspecified atom stereocenters. The lowest BCUT2D eigenvalue weighted by molar-refractivity contribution is -0.120. The van der Waals surface area contributed by atoms with Crippen LogP contribution < -0.4 is 5.32 Å². The molecule has 1 saturated heterocycles. The highest BCUT2D eigenvalue weighted by atomic mass is 16.4. The van der Waals surface area contributed by atoms with Gasteiger partial charge in [-0.15, -0.1) is 0 Å². The minimum Gasteiger partial charge on any atom is -0.396 e. The van der Waals surface area contributed by atoms with Crippen molar-refractivity contribution in [3.8, 4) is 0 Å². The Bertz CT molecular complexity index is 252. The maximum atomic E-state index is 9.91. The van der Waals surface area contributed by atoms with Crippen LogP contribution in [0.5, 0.6) is 0 Å². The Labute approximate surface area is 120 Å². The summed E-state index contributed by atoms with van der Waals surface area (Å²) in [7, 11) is 0. The van der Waals surface area contributed by atoms with E-state index in [0.717, 1.165) is 38.5 Å². The van der Waals surface area contributed by atoms with E-state index >= 15 is 0 Å². The van der Waals surface area contributed by atoms with Gasteiger partial charge in [-0.05, 0) is 12.8 Å². The Morgan fingerprint density at radius 2 is 1.20 bits per heavy atom. The Balaban J connectivity index is 2.21. The van der Waals surface area contributed by atoms with Crippen molar-refractivity contribution in [3.63, 3.8) is 0 Å². The fourth-order valence-corrected chi connectivity index (χ4v) is 2.75. The van der Waals surface area contributed by atoms with Crippen molar-refractivity contribution in [2.45, 2.75) is 75.3 Å². The number of aliphatic hydroxyl groups is 5. The Morgan fingerprint density at radius 1 is 0.650 bits per heavy atom. The van der Waals surface area contributed by atoms with Crippen molar-refractivity contribution < 1.29 is 25.5 Å². The number of unbranched alkanes of at least 4 members (excludes halogenated alkanes) is 5. The molecule has 1 aliphatic heterocycles. The average molecular weight is 291 g/mol. The van der Waals surface area contributed by atoms with Gasteiger partial charge in [-0.1, -0.05) is 32.1 Å². The molecule has 0 aromatic rings. The van der Waals surface area contributed by atoms with Crippen molar-refractivity contribution in [1.29, 1.82) is 0 Å². The maximum absolute atomic E-state index is 9.91. The van der Waals surface area contributed by atoms with E-state index < -0.39 is 24.4 Å². The molecule has 0 bridgehead atoms. The summed E-state index contributed by atoms with van der Waals surface area (Å²) in [5.41, 5.74) is 0. The molecule has 20 heavy (non-hydrogen) atoms. The summed E-state index contributed by atoms with van der Waals surface area (Å²) in [6, 6.07) is -0.869. The summed E-state index contributed by atoms with van der Waals surface area (Å²) < 4.78 is 0. The topological polar surface area (TPSA) is 113 Å². The molecule has 1 fully saturated rings. The number of hydrogen-bond acceptors (Lipinski definition) is 6. The van der Waals surface area contributed by atoms with Crippen molar-refractivity contribution in [1.82, 2.24) is 5.32 Å². The predicted octanol–water partition coefficient (Wildman–Crippen LogP) is -0.875. The van der Waals surface area contributed by atoms with Crippen LogP contribution in [0.25, 0.3) is 0 Å². The highest BCUT2D eigenvalue weighted by molar-refractivity contribution is 4.97. The lowest BCUT2D eigenvalue weighted by atomic mass is 9.88. The summed E-state index contributed by atoms with van der Waals surface area (Å²) in [5, 5.41) is 50.1. The van der Waals surface area contributed by atoms with Crippen LogP contribution in [0.2, 0.25) is 0 Å². The number of aliphatic hydroxyl groups excluding tert-OH is 5. The lowest BCUT2D eigenvalue weighted by Gasteiger charge is -2.41. The highest BCUT2D eigenvalue weighted by Crippen LogP contribution is 2.20. The molecule has 0 saturated carbocycles. The van der Waals surface area contributed by atoms with Crippen molar-refractivity contribution in [3.05, 3.63) is 0 Å². The Hall–Kier alpha value is -0.240. The van der Waals surface area contributed by atoms with Gasteiger partial charge >= 0.3 is 0 Å². The number of nitrogens with one attached hydrogen (secondary N) is 1. The fraction of sp³-hybridized carbons (Fsp3) is 1.00. The standard InChI is InChI=1S/C14H29NO5/c16-8-6-4-2-1-3-5-7-10-12(18)14(20)13(19)11(9-17)15-10/h10-20H,1-9H2. The molecule has 0 amide bonds. The average Bonchev–Trinajstić information content (AvgIpc) is 2.46. The molecule has 0 aromatic heterocycles. The van der Waals surface area contributed by atoms with E-state index in [0.29, 0.717) is 6.42 Å². The molecule has 0 spiro atoms. The van der Waals surface area contributed by atoms with Gasteiger partial charge in [-0.2, -0.15) is 0 Å². The summed E-state index contributed by atoms with van der Waals surface area (Å²) >= 11 is 0. The first kappa shape index (κ1) is 17.8. The molecule has 0 aliphatic carbocycles. The van der Waals surface area contributed by atoms with Gasteiger partial charge in [0, 0.05) is 12.6 Å². The minimum atomic E-state index is -1.21. The molecule has 6 heteroatoms. The number of rotatable bonds is 9. The van der Waals surface area contributed by atoms with Crippen LogP contribution in [0.3, 0.4) is 0 Å². The lowest BCUT2D eigenvalue weighted by Crippen LogP contribution is -2.65. The van der Waals surface area contributed by atoms with Gasteiger partial charge in [0.15, 0.2) is 0 Å². The van der Waals surface area contributed by atoms with E-state index in [-0.39, 0.29) is 19.3 Å². The number of piperidine rings is 1. The summed E-state index contributed by atoms with van der Waals surface area (Å²) in [5.74, 6) is 0. The molecule has 6 nitrogen and oxygen atoms in total. The quantitative estimate of drug-likeness (QED) is 0.308. The second-order valence-electron chi connectivity index (χ2n) is 5.67. The molecule has 5 atom stereocenters. The first-order chi connectivity index (χ1) is 9.61. The molecule has 6 N–H and O–H groups in total. The van der Waals surface area contributed by atoms with Gasteiger partial charge in [-0.3, -0.25) is 0 Å². The van der Waals surface area contributed by atoms with E-state index in [1.54, 1.807) is 0 Å². The molecule has 1 heterocycles. The van der Waals surface area contributed by atoms with Crippen molar-refractivity contribution >= 4 is 0 Å². The van der Waals surface area contributed by atoms with Crippen LogP contribution in [-0.4, -0.2) is 69.1 Å². The van der Waals surface area contributed by atoms with Gasteiger partial charge in [-0.25, -0.2) is 0 Å². The van der Waals surface area contributed by atoms with Crippen LogP contribution in [0.1, 0.15) is 44.9 Å². The van der Waals surface area contributed by atoms with Crippen LogP contribution in [-0.2, 0) is 0 Å². The largest absolute Gasteiger partial charge is 0.396 e.